The van der Waals surface area contributed by atoms with Crippen molar-refractivity contribution in [3.05, 3.63) is 59.4 Å². The second-order valence-electron chi connectivity index (χ2n) is 7.50. The maximum absolute atomic E-state index is 4.94. The summed E-state index contributed by atoms with van der Waals surface area (Å²) >= 11 is 0. The smallest absolute Gasteiger partial charge is 0.194 e. The molecule has 0 saturated heterocycles. The van der Waals surface area contributed by atoms with Crippen LogP contribution in [-0.4, -0.2) is 53.1 Å². The Labute approximate surface area is 186 Å². The number of guanidine groups is 1. The van der Waals surface area contributed by atoms with Crippen LogP contribution < -0.4 is 5.32 Å². The van der Waals surface area contributed by atoms with Gasteiger partial charge in [0.2, 0.25) is 0 Å². The monoisotopic (exact) mass is 495 g/mol. The molecule has 0 radical (unpaired) electrons. The first-order valence-electron chi connectivity index (χ1n) is 9.99. The molecule has 1 atom stereocenters. The standard InChI is InChI=1S/C22H33N5.HI/c1-5-23-22(26(4)17-21-11-8-13-25(21)3)24-15-18(2)27-14-12-19-9-6-7-10-20(19)16-27;/h6-11,13,18H,5,12,14-17H2,1-4H3,(H,23,24);1H. The molecule has 3 rings (SSSR count). The lowest BCUT2D eigenvalue weighted by Gasteiger charge is -2.33. The summed E-state index contributed by atoms with van der Waals surface area (Å²) in [7, 11) is 4.19. The van der Waals surface area contributed by atoms with Gasteiger partial charge < -0.3 is 14.8 Å². The van der Waals surface area contributed by atoms with Crippen molar-refractivity contribution < 1.29 is 0 Å². The van der Waals surface area contributed by atoms with Gasteiger partial charge in [0.25, 0.3) is 0 Å². The third-order valence-corrected chi connectivity index (χ3v) is 5.44. The van der Waals surface area contributed by atoms with Crippen molar-refractivity contribution in [1.29, 1.82) is 0 Å². The van der Waals surface area contributed by atoms with Crippen molar-refractivity contribution in [2.75, 3.05) is 26.7 Å². The van der Waals surface area contributed by atoms with E-state index in [9.17, 15) is 0 Å². The number of benzene rings is 1. The third-order valence-electron chi connectivity index (χ3n) is 5.44. The molecule has 1 aromatic heterocycles. The number of aromatic nitrogens is 1. The SMILES string of the molecule is CCNC(=NCC(C)N1CCc2ccccc2C1)N(C)Cc1cccn1C.I. The molecule has 1 N–H and O–H groups in total. The minimum Gasteiger partial charge on any atom is -0.357 e. The fourth-order valence-corrected chi connectivity index (χ4v) is 3.68. The van der Waals surface area contributed by atoms with Crippen molar-refractivity contribution >= 4 is 29.9 Å². The number of nitrogens with zero attached hydrogens (tertiary/aromatic N) is 4. The van der Waals surface area contributed by atoms with E-state index >= 15 is 0 Å². The highest BCUT2D eigenvalue weighted by molar-refractivity contribution is 14.0. The van der Waals surface area contributed by atoms with Crippen molar-refractivity contribution in [3.8, 4) is 0 Å². The van der Waals surface area contributed by atoms with Gasteiger partial charge in [-0.15, -0.1) is 24.0 Å². The molecule has 2 aromatic rings. The lowest BCUT2D eigenvalue weighted by molar-refractivity contribution is 0.195. The van der Waals surface area contributed by atoms with E-state index in [0.29, 0.717) is 6.04 Å². The second kappa shape index (κ2) is 10.9. The zero-order chi connectivity index (χ0) is 19.2. The topological polar surface area (TPSA) is 35.8 Å². The predicted molar refractivity (Wildman–Crippen MR) is 128 cm³/mol. The summed E-state index contributed by atoms with van der Waals surface area (Å²) in [5, 5.41) is 3.44. The normalized spacial score (nSPS) is 15.5. The molecule has 1 unspecified atom stereocenters. The van der Waals surface area contributed by atoms with Gasteiger partial charge in [0, 0.05) is 51.7 Å². The summed E-state index contributed by atoms with van der Waals surface area (Å²) < 4.78 is 2.16. The van der Waals surface area contributed by atoms with E-state index in [-0.39, 0.29) is 24.0 Å². The first kappa shape index (κ1) is 22.7. The summed E-state index contributed by atoms with van der Waals surface area (Å²) in [4.78, 5) is 9.69. The quantitative estimate of drug-likeness (QED) is 0.379. The van der Waals surface area contributed by atoms with Crippen molar-refractivity contribution in [2.45, 2.75) is 39.4 Å². The molecule has 0 saturated carbocycles. The van der Waals surface area contributed by atoms with Crippen LogP contribution in [0.4, 0.5) is 0 Å². The molecule has 154 valence electrons. The van der Waals surface area contributed by atoms with Crippen molar-refractivity contribution in [1.82, 2.24) is 19.7 Å². The minimum atomic E-state index is 0. The summed E-state index contributed by atoms with van der Waals surface area (Å²) in [6, 6.07) is 13.5. The largest absolute Gasteiger partial charge is 0.357 e. The molecule has 1 aromatic carbocycles. The lowest BCUT2D eigenvalue weighted by atomic mass is 9.99. The molecule has 0 aliphatic carbocycles. The summed E-state index contributed by atoms with van der Waals surface area (Å²) in [6.07, 6.45) is 3.22. The third kappa shape index (κ3) is 5.73. The number of nitrogens with one attached hydrogen (secondary N) is 1. The number of hydrogen-bond acceptors (Lipinski definition) is 2. The Balaban J connectivity index is 0.00000280. The fourth-order valence-electron chi connectivity index (χ4n) is 3.68. The predicted octanol–water partition coefficient (Wildman–Crippen LogP) is 3.49. The zero-order valence-electron chi connectivity index (χ0n) is 17.6. The van der Waals surface area contributed by atoms with Crippen LogP contribution in [0.25, 0.3) is 0 Å². The number of rotatable bonds is 6. The van der Waals surface area contributed by atoms with E-state index in [4.69, 9.17) is 4.99 Å². The molecule has 1 aliphatic rings. The van der Waals surface area contributed by atoms with Crippen LogP contribution >= 0.6 is 24.0 Å². The Morgan fingerprint density at radius 2 is 1.96 bits per heavy atom. The molecule has 0 amide bonds. The maximum Gasteiger partial charge on any atom is 0.194 e. The number of halogens is 1. The van der Waals surface area contributed by atoms with Gasteiger partial charge in [-0.05, 0) is 43.5 Å². The number of aryl methyl sites for hydroxylation is 1. The van der Waals surface area contributed by atoms with Crippen LogP contribution in [0.3, 0.4) is 0 Å². The molecule has 6 heteroatoms. The molecular weight excluding hydrogens is 461 g/mol. The number of hydrogen-bond donors (Lipinski definition) is 1. The van der Waals surface area contributed by atoms with Crippen LogP contribution in [0.5, 0.6) is 0 Å². The maximum atomic E-state index is 4.94. The number of aliphatic imine (C=N–C) groups is 1. The van der Waals surface area contributed by atoms with E-state index in [1.165, 1.54) is 16.8 Å². The van der Waals surface area contributed by atoms with Gasteiger partial charge in [0.1, 0.15) is 0 Å². The minimum absolute atomic E-state index is 0. The summed E-state index contributed by atoms with van der Waals surface area (Å²) in [6.45, 7) is 9.09. The van der Waals surface area contributed by atoms with E-state index in [0.717, 1.165) is 45.1 Å². The Morgan fingerprint density at radius 3 is 2.64 bits per heavy atom. The molecule has 5 nitrogen and oxygen atoms in total. The summed E-state index contributed by atoms with van der Waals surface area (Å²) in [5.41, 5.74) is 4.25. The highest BCUT2D eigenvalue weighted by Gasteiger charge is 2.20. The highest BCUT2D eigenvalue weighted by atomic mass is 127. The van der Waals surface area contributed by atoms with Crippen LogP contribution in [0.1, 0.15) is 30.7 Å². The first-order valence-corrected chi connectivity index (χ1v) is 9.99. The Hall–Kier alpha value is -1.54. The van der Waals surface area contributed by atoms with Gasteiger partial charge in [-0.2, -0.15) is 0 Å². The van der Waals surface area contributed by atoms with Crippen LogP contribution in [0.2, 0.25) is 0 Å². The molecule has 0 spiro atoms. The van der Waals surface area contributed by atoms with E-state index in [2.05, 4.69) is 90.2 Å². The van der Waals surface area contributed by atoms with E-state index in [1.807, 2.05) is 0 Å². The van der Waals surface area contributed by atoms with Crippen LogP contribution in [-0.2, 0) is 26.6 Å². The molecule has 1 aliphatic heterocycles. The van der Waals surface area contributed by atoms with Crippen LogP contribution in [0, 0.1) is 0 Å². The van der Waals surface area contributed by atoms with Gasteiger partial charge in [0.15, 0.2) is 5.96 Å². The molecule has 28 heavy (non-hydrogen) atoms. The van der Waals surface area contributed by atoms with Gasteiger partial charge in [-0.3, -0.25) is 9.89 Å². The Bertz CT molecular complexity index is 770. The average molecular weight is 495 g/mol. The van der Waals surface area contributed by atoms with Gasteiger partial charge in [-0.1, -0.05) is 24.3 Å². The fraction of sp³-hybridized carbons (Fsp3) is 0.500. The Morgan fingerprint density at radius 1 is 1.21 bits per heavy atom. The average Bonchev–Trinajstić information content (AvgIpc) is 3.08. The van der Waals surface area contributed by atoms with Crippen molar-refractivity contribution in [3.63, 3.8) is 0 Å². The number of fused-ring (bicyclic) bond motifs is 1. The molecule has 0 fully saturated rings. The van der Waals surface area contributed by atoms with Crippen LogP contribution in [0.15, 0.2) is 47.6 Å². The molecule has 2 heterocycles. The van der Waals surface area contributed by atoms with Gasteiger partial charge in [0.05, 0.1) is 13.1 Å². The summed E-state index contributed by atoms with van der Waals surface area (Å²) in [5.74, 6) is 0.975. The lowest BCUT2D eigenvalue weighted by Crippen LogP contribution is -2.42. The van der Waals surface area contributed by atoms with Crippen molar-refractivity contribution in [2.24, 2.45) is 12.0 Å². The second-order valence-corrected chi connectivity index (χ2v) is 7.50. The van der Waals surface area contributed by atoms with Gasteiger partial charge >= 0.3 is 0 Å². The first-order chi connectivity index (χ1) is 13.1. The molecule has 0 bridgehead atoms. The highest BCUT2D eigenvalue weighted by Crippen LogP contribution is 2.20. The van der Waals surface area contributed by atoms with E-state index in [1.54, 1.807) is 0 Å². The zero-order valence-corrected chi connectivity index (χ0v) is 19.9. The Kier molecular flexibility index (Phi) is 8.82. The van der Waals surface area contributed by atoms with Gasteiger partial charge in [-0.25, -0.2) is 0 Å². The van der Waals surface area contributed by atoms with E-state index < -0.39 is 0 Å². The molecular formula is C22H34IN5.